The van der Waals surface area contributed by atoms with Crippen LogP contribution < -0.4 is 60.2 Å². The molecule has 0 aliphatic heterocycles. The van der Waals surface area contributed by atoms with E-state index in [1.54, 1.807) is 27.8 Å². The number of carboxylic acid groups (broad SMARTS) is 2. The maximum absolute atomic E-state index is 12.1. The highest BCUT2D eigenvalue weighted by atomic mass is 32.2. The predicted octanol–water partition coefficient (Wildman–Crippen LogP) is -1.92. The van der Waals surface area contributed by atoms with Crippen LogP contribution >= 0.6 is 23.5 Å². The number of nitrogens with one attached hydrogen (secondary N) is 7. The Kier molecular flexibility index (Phi) is 124. The third-order valence-electron chi connectivity index (χ3n) is 15.9. The van der Waals surface area contributed by atoms with Gasteiger partial charge in [0.25, 0.3) is 17.7 Å². The Labute approximate surface area is 802 Å². The lowest BCUT2D eigenvalue weighted by Crippen LogP contribution is -2.53. The van der Waals surface area contributed by atoms with Gasteiger partial charge in [-0.3, -0.25) is 62.3 Å². The molecule has 2 unspecified atom stereocenters. The fourth-order valence-electron chi connectivity index (χ4n) is 8.15. The smallest absolute Gasteiger partial charge is 0.321 e. The fraction of sp³-hybridized carbons (Fsp3) is 0.816. The van der Waals surface area contributed by atoms with Crippen molar-refractivity contribution in [2.24, 2.45) is 28.9 Å². The predicted molar refractivity (Wildman–Crippen MR) is 513 cm³/mol. The zero-order valence-corrected chi connectivity index (χ0v) is 83.6. The Morgan fingerprint density at radius 2 is 0.679 bits per heavy atom. The Morgan fingerprint density at radius 3 is 1.03 bits per heavy atom. The number of ketones is 7. The van der Waals surface area contributed by atoms with Crippen molar-refractivity contribution < 1.29 is 167 Å². The van der Waals surface area contributed by atoms with Crippen LogP contribution in [0.1, 0.15) is 241 Å². The lowest BCUT2D eigenvalue weighted by atomic mass is 9.97. The van der Waals surface area contributed by atoms with Gasteiger partial charge in [0, 0.05) is 163 Å². The number of carboxylic acids is 2. The Hall–Kier alpha value is -7.18. The molecule has 134 heavy (non-hydrogen) atoms. The molecule has 0 fully saturated rings. The lowest BCUT2D eigenvalue weighted by Gasteiger charge is -2.25. The normalized spacial score (nSPS) is 13.2. The highest BCUT2D eigenvalue weighted by molar-refractivity contribution is 8.00. The van der Waals surface area contributed by atoms with Gasteiger partial charge in [0.2, 0.25) is 23.6 Å². The van der Waals surface area contributed by atoms with Gasteiger partial charge in [-0.05, 0) is 78.6 Å². The molecule has 0 aromatic rings. The van der Waals surface area contributed by atoms with Crippen molar-refractivity contribution in [1.29, 1.82) is 0 Å². The average molecular weight is 1990 g/mol. The largest absolute Gasteiger partial charge is 0.481 e. The first-order chi connectivity index (χ1) is 62.5. The summed E-state index contributed by atoms with van der Waals surface area (Å²) in [5, 5.41) is 152. The molecule has 0 rings (SSSR count). The molecule has 45 nitrogen and oxygen atoms in total. The van der Waals surface area contributed by atoms with Crippen molar-refractivity contribution in [3.63, 3.8) is 0 Å². The van der Waals surface area contributed by atoms with E-state index in [1.165, 1.54) is 39.5 Å². The van der Waals surface area contributed by atoms with Crippen LogP contribution in [0, 0.1) is 5.92 Å². The van der Waals surface area contributed by atoms with E-state index in [-0.39, 0.29) is 157 Å². The summed E-state index contributed by atoms with van der Waals surface area (Å²) in [5.41, 5.74) is 20.8. The molecule has 796 valence electrons. The maximum Gasteiger partial charge on any atom is 0.321 e. The first-order valence-corrected chi connectivity index (χ1v) is 47.1. The topological polar surface area (TPSA) is 782 Å². The summed E-state index contributed by atoms with van der Waals surface area (Å²) in [6, 6.07) is -1.10. The zero-order chi connectivity index (χ0) is 105. The van der Waals surface area contributed by atoms with Crippen molar-refractivity contribution in [1.82, 2.24) is 37.2 Å². The number of aliphatic hydroxyl groups is 12. The number of hydrogen-bond donors (Lipinski definition) is 25. The molecule has 0 saturated heterocycles. The second-order valence-corrected chi connectivity index (χ2v) is 30.4. The van der Waals surface area contributed by atoms with Gasteiger partial charge in [0.1, 0.15) is 84.1 Å². The summed E-state index contributed by atoms with van der Waals surface area (Å²) in [7, 11) is 1.60. The maximum atomic E-state index is 12.1. The average Bonchev–Trinajstić information content (AvgIpc) is 0.873. The van der Waals surface area contributed by atoms with Gasteiger partial charge in [-0.25, -0.2) is 0 Å². The molecule has 0 saturated carbocycles. The molecule has 0 aliphatic rings. The van der Waals surface area contributed by atoms with E-state index in [9.17, 15) is 138 Å². The number of aliphatic hydroxyl groups excluding tert-OH is 12. The minimum absolute atomic E-state index is 0. The number of ether oxygens (including phenoxy) is 4. The molecule has 0 aromatic heterocycles. The second kappa shape index (κ2) is 109. The van der Waals surface area contributed by atoms with Gasteiger partial charge >= 0.3 is 11.9 Å². The van der Waals surface area contributed by atoms with Crippen LogP contribution in [0.5, 0.6) is 0 Å². The van der Waals surface area contributed by atoms with E-state index in [4.69, 9.17) is 52.1 Å². The SMILES string of the molecule is C.CC.CC.CC(CSCC(=O)CCCNC(=O)[C@@H](O)[C@H](O)[C@H](O)[C@@H](O)C(=O)CCCNC(=O)CSCC(N)C(=O)O)C(=O)O.CCC(C)=O.CCCCC(=O)[C@H](O)[C@@H](O)[C@@H](O)[C@H](O)C(=O)NCCN.CCCCC(C)=O.CCCNC(C)=O.CCCOCCCC(C)=O.CCCOCCNC(C)=O.CNC(C)=O.NCCOCCCC(=O)[C@H](O)[C@@H](O)[C@@H](O)[C@H](O)C(=O)NCCOCN. The molecule has 0 radical (unpaired) electrons. The highest BCUT2D eigenvalue weighted by Crippen LogP contribution is 2.15. The fourth-order valence-corrected chi connectivity index (χ4v) is 9.94. The molecule has 0 aliphatic carbocycles. The van der Waals surface area contributed by atoms with Crippen LogP contribution in [-0.4, -0.2) is 380 Å². The molecule has 7 amide bonds. The summed E-state index contributed by atoms with van der Waals surface area (Å²) in [5.74, 6) is -7.36. The summed E-state index contributed by atoms with van der Waals surface area (Å²) < 4.78 is 20.1. The molecule has 14 atom stereocenters. The zero-order valence-electron chi connectivity index (χ0n) is 82.0. The second-order valence-electron chi connectivity index (χ2n) is 28.3. The van der Waals surface area contributed by atoms with Gasteiger partial charge < -0.3 is 165 Å². The van der Waals surface area contributed by atoms with E-state index in [1.807, 2.05) is 48.5 Å². The number of thioether (sulfide) groups is 2. The third kappa shape index (κ3) is 107. The van der Waals surface area contributed by atoms with E-state index in [0.29, 0.717) is 57.8 Å². The standard InChI is InChI=1S/C23H39N3O12S2.C14H29N3O8.C12H24N2O6.C8H16O2.C7H15NO2.C6H12O.C5H11NO.C4H8O.C3H7NO.2C2H6.CH4/c1-12(22(35)36)8-39-9-13(27)4-2-7-26-21(34)20(33)19(32)18(31)17(30)15(28)5-3-6-25-16(29)11-40-10-14(24)23(37)38;15-3-6-24-5-1-2-9(18)10(19)11(20)12(21)13(22)14(23)17-4-7-25-8-16;1-2-3-4-7(15)8(16)9(17)10(18)11(19)12(20)14-6-5-13;1-3-6-10-7-4-5-8(2)9;1-3-5-10-6-4-8-7(2)9;1-3-4-5-6(2)7;1-3-4-6-5(2)7;1-3-4(2)5;1-3(5)4-2;2*1-2;/h12,14,17-20,30-33H,2-11,24H2,1H3,(H,25,29)(H,26,34)(H,35,36)(H,37,38);10-13,19-22H,1-8,15-16H2,(H,17,23);8-11,16-19H,2-6,13H2,1H3,(H,14,20);3-7H2,1-2H3;3-6H2,1-2H3,(H,8,9);3-5H2,1-2H3;3-4H2,1-2H3,(H,6,7);3H2,1-2H3;1-2H3,(H,4,5);2*1-2H3;1H4/t12?,14?,17-,18+,19+,20-;10-,11+,12+,13-;8-,9+,10+,11-;;;;;;;;;/m000........./s1. The number of Topliss-reactive ketones (excluding diaryl/α,β-unsaturated/α-hetero) is 7. The number of nitrogens with two attached hydrogens (primary N) is 4. The number of amides is 7. The number of rotatable bonds is 65. The molecule has 29 N–H and O–H groups in total. The summed E-state index contributed by atoms with van der Waals surface area (Å²) in [4.78, 5) is 176. The van der Waals surface area contributed by atoms with Crippen molar-refractivity contribution in [2.75, 3.05) is 135 Å². The molecular weight excluding hydrogens is 1810 g/mol. The van der Waals surface area contributed by atoms with Crippen LogP contribution in [0.3, 0.4) is 0 Å². The van der Waals surface area contributed by atoms with Crippen LogP contribution in [0.2, 0.25) is 0 Å². The van der Waals surface area contributed by atoms with Crippen molar-refractivity contribution in [3.8, 4) is 0 Å². The van der Waals surface area contributed by atoms with Gasteiger partial charge in [0.05, 0.1) is 44.0 Å². The molecule has 47 heteroatoms. The van der Waals surface area contributed by atoms with E-state index >= 15 is 0 Å². The first-order valence-electron chi connectivity index (χ1n) is 44.8. The van der Waals surface area contributed by atoms with Crippen LogP contribution in [0.25, 0.3) is 0 Å². The highest BCUT2D eigenvalue weighted by Gasteiger charge is 2.40. The quantitative estimate of drug-likeness (QED) is 0.0233. The van der Waals surface area contributed by atoms with Crippen molar-refractivity contribution >= 4 is 117 Å². The van der Waals surface area contributed by atoms with Crippen molar-refractivity contribution in [3.05, 3.63) is 0 Å². The number of unbranched alkanes of at least 4 members (excludes halogenated alkanes) is 2. The number of aliphatic carboxylic acids is 2. The Balaban J connectivity index is -0.000000136. The van der Waals surface area contributed by atoms with E-state index in [0.717, 1.165) is 89.5 Å². The number of hydrogen-bond acceptors (Lipinski definition) is 38. The van der Waals surface area contributed by atoms with Crippen LogP contribution in [-0.2, 0) is 95.7 Å². The number of carbonyl (C=O) groups is 16. The molecule has 0 bridgehead atoms. The molecule has 0 aromatic carbocycles. The third-order valence-corrected chi connectivity index (χ3v) is 18.2. The first kappa shape index (κ1) is 152. The van der Waals surface area contributed by atoms with Crippen LogP contribution in [0.15, 0.2) is 0 Å². The lowest BCUT2D eigenvalue weighted by molar-refractivity contribution is -0.154. The molecular formula is C87H177N11O34S2. The summed E-state index contributed by atoms with van der Waals surface area (Å²) >= 11 is 2.20. The van der Waals surface area contributed by atoms with Crippen molar-refractivity contribution in [2.45, 2.75) is 320 Å². The minimum atomic E-state index is -2.19. The van der Waals surface area contributed by atoms with Gasteiger partial charge in [-0.1, -0.05) is 96.4 Å². The van der Waals surface area contributed by atoms with E-state index < -0.39 is 138 Å². The number of carbonyl (C=O) groups excluding carboxylic acids is 14. The van der Waals surface area contributed by atoms with Gasteiger partial charge in [-0.15, -0.1) is 11.8 Å². The summed E-state index contributed by atoms with van der Waals surface area (Å²) in [6.07, 6.45) is -14.5. The monoisotopic (exact) mass is 1980 g/mol. The van der Waals surface area contributed by atoms with Crippen LogP contribution in [0.4, 0.5) is 0 Å². The van der Waals surface area contributed by atoms with Gasteiger partial charge in [0.15, 0.2) is 35.7 Å². The Bertz CT molecular complexity index is 2810. The van der Waals surface area contributed by atoms with Gasteiger partial charge in [-0.2, -0.15) is 11.8 Å². The minimum Gasteiger partial charge on any atom is -0.481 e. The Morgan fingerprint density at radius 1 is 0.343 bits per heavy atom. The summed E-state index contributed by atoms with van der Waals surface area (Å²) in [6.45, 7) is 36.4. The molecule has 0 heterocycles. The van der Waals surface area contributed by atoms with E-state index in [2.05, 4.69) is 58.0 Å². The molecule has 0 spiro atoms.